The molecular formula is C6H5IOS. The molecule has 0 aromatic heterocycles. The number of aromatic hydroxyl groups is 1. The number of hydrogen-bond donors (Lipinski definition) is 2. The molecule has 0 aliphatic rings. The first-order chi connectivity index (χ1) is 4.18. The van der Waals surface area contributed by atoms with Gasteiger partial charge in [0, 0.05) is 8.47 Å². The summed E-state index contributed by atoms with van der Waals surface area (Å²) in [4.78, 5) is 0.791. The molecule has 0 saturated heterocycles. The van der Waals surface area contributed by atoms with Crippen LogP contribution < -0.4 is 0 Å². The Morgan fingerprint density at radius 3 is 2.44 bits per heavy atom. The number of phenolic OH excluding ortho intramolecular Hbond substituents is 1. The van der Waals surface area contributed by atoms with Crippen molar-refractivity contribution in [3.63, 3.8) is 0 Å². The molecule has 0 radical (unpaired) electrons. The second-order valence-corrected chi connectivity index (χ2v) is 3.43. The molecule has 0 spiro atoms. The predicted molar refractivity (Wildman–Crippen MR) is 48.1 cm³/mol. The topological polar surface area (TPSA) is 20.2 Å². The highest BCUT2D eigenvalue weighted by atomic mass is 127. The van der Waals surface area contributed by atoms with E-state index in [1.807, 2.05) is 6.07 Å². The summed E-state index contributed by atoms with van der Waals surface area (Å²) >= 11 is 6.18. The molecule has 0 unspecified atom stereocenters. The number of thiol groups is 1. The van der Waals surface area contributed by atoms with Gasteiger partial charge in [-0.3, -0.25) is 0 Å². The monoisotopic (exact) mass is 252 g/mol. The summed E-state index contributed by atoms with van der Waals surface area (Å²) in [5.74, 6) is 0.270. The molecule has 0 fully saturated rings. The van der Waals surface area contributed by atoms with Crippen LogP contribution in [0.1, 0.15) is 0 Å². The standard InChI is InChI=1S/C6H5IOS/c7-4-1-5(8)3-6(9)2-4/h1-3,8-9H. The average Bonchev–Trinajstić information content (AvgIpc) is 1.59. The van der Waals surface area contributed by atoms with Crippen LogP contribution in [-0.4, -0.2) is 5.11 Å². The third kappa shape index (κ3) is 2.06. The Kier molecular flexibility index (Phi) is 2.23. The zero-order valence-corrected chi connectivity index (χ0v) is 7.56. The lowest BCUT2D eigenvalue weighted by atomic mass is 10.3. The highest BCUT2D eigenvalue weighted by Gasteiger charge is 1.91. The van der Waals surface area contributed by atoms with Gasteiger partial charge in [-0.05, 0) is 40.8 Å². The van der Waals surface area contributed by atoms with Crippen molar-refractivity contribution in [1.82, 2.24) is 0 Å². The van der Waals surface area contributed by atoms with Crippen molar-refractivity contribution < 1.29 is 5.11 Å². The van der Waals surface area contributed by atoms with E-state index in [-0.39, 0.29) is 5.75 Å². The molecule has 0 heterocycles. The van der Waals surface area contributed by atoms with Crippen LogP contribution in [0.4, 0.5) is 0 Å². The maximum absolute atomic E-state index is 8.94. The molecule has 0 bridgehead atoms. The Morgan fingerprint density at radius 1 is 1.33 bits per heavy atom. The number of hydrogen-bond acceptors (Lipinski definition) is 2. The van der Waals surface area contributed by atoms with Crippen molar-refractivity contribution in [3.8, 4) is 5.75 Å². The Balaban J connectivity index is 3.17. The summed E-state index contributed by atoms with van der Waals surface area (Å²) in [5, 5.41) is 8.94. The van der Waals surface area contributed by atoms with E-state index in [4.69, 9.17) is 5.11 Å². The lowest BCUT2D eigenvalue weighted by Gasteiger charge is -1.94. The smallest absolute Gasteiger partial charge is 0.117 e. The third-order valence-electron chi connectivity index (χ3n) is 0.867. The average molecular weight is 252 g/mol. The van der Waals surface area contributed by atoms with Crippen molar-refractivity contribution in [1.29, 1.82) is 0 Å². The molecule has 0 saturated carbocycles. The van der Waals surface area contributed by atoms with Gasteiger partial charge in [0.2, 0.25) is 0 Å². The van der Waals surface area contributed by atoms with E-state index < -0.39 is 0 Å². The van der Waals surface area contributed by atoms with Crippen LogP contribution in [-0.2, 0) is 0 Å². The molecule has 48 valence electrons. The minimum Gasteiger partial charge on any atom is -0.508 e. The van der Waals surface area contributed by atoms with Gasteiger partial charge in [-0.15, -0.1) is 12.6 Å². The quantitative estimate of drug-likeness (QED) is 0.536. The third-order valence-corrected chi connectivity index (χ3v) is 1.75. The maximum atomic E-state index is 8.94. The lowest BCUT2D eigenvalue weighted by molar-refractivity contribution is 0.473. The molecule has 1 nitrogen and oxygen atoms in total. The van der Waals surface area contributed by atoms with Gasteiger partial charge in [0.1, 0.15) is 5.75 Å². The van der Waals surface area contributed by atoms with Gasteiger partial charge in [0.05, 0.1) is 0 Å². The maximum Gasteiger partial charge on any atom is 0.117 e. The predicted octanol–water partition coefficient (Wildman–Crippen LogP) is 2.29. The highest BCUT2D eigenvalue weighted by Crippen LogP contribution is 2.18. The number of rotatable bonds is 0. The van der Waals surface area contributed by atoms with Crippen molar-refractivity contribution in [2.75, 3.05) is 0 Å². The van der Waals surface area contributed by atoms with Gasteiger partial charge in [0.15, 0.2) is 0 Å². The van der Waals surface area contributed by atoms with Gasteiger partial charge >= 0.3 is 0 Å². The molecule has 1 N–H and O–H groups in total. The molecule has 0 atom stereocenters. The second-order valence-electron chi connectivity index (χ2n) is 1.67. The molecule has 1 rings (SSSR count). The molecule has 0 amide bonds. The van der Waals surface area contributed by atoms with Gasteiger partial charge in [-0.2, -0.15) is 0 Å². The second kappa shape index (κ2) is 2.79. The first-order valence-electron chi connectivity index (χ1n) is 2.37. The Labute approximate surface area is 72.6 Å². The van der Waals surface area contributed by atoms with Crippen LogP contribution in [0.5, 0.6) is 5.75 Å². The molecular weight excluding hydrogens is 247 g/mol. The first-order valence-corrected chi connectivity index (χ1v) is 3.89. The highest BCUT2D eigenvalue weighted by molar-refractivity contribution is 14.1. The van der Waals surface area contributed by atoms with E-state index in [0.29, 0.717) is 0 Å². The zero-order chi connectivity index (χ0) is 6.85. The van der Waals surface area contributed by atoms with Crippen molar-refractivity contribution >= 4 is 35.2 Å². The van der Waals surface area contributed by atoms with Crippen molar-refractivity contribution in [3.05, 3.63) is 21.8 Å². The minimum atomic E-state index is 0.270. The van der Waals surface area contributed by atoms with E-state index in [2.05, 4.69) is 35.2 Å². The number of phenols is 1. The summed E-state index contributed by atoms with van der Waals surface area (Å²) in [7, 11) is 0. The summed E-state index contributed by atoms with van der Waals surface area (Å²) in [5.41, 5.74) is 0. The van der Waals surface area contributed by atoms with Crippen LogP contribution in [0.25, 0.3) is 0 Å². The molecule has 1 aromatic carbocycles. The van der Waals surface area contributed by atoms with E-state index >= 15 is 0 Å². The van der Waals surface area contributed by atoms with E-state index in [1.165, 1.54) is 0 Å². The van der Waals surface area contributed by atoms with Gasteiger partial charge in [-0.1, -0.05) is 0 Å². The lowest BCUT2D eigenvalue weighted by Crippen LogP contribution is -1.70. The fourth-order valence-electron chi connectivity index (χ4n) is 0.559. The normalized spacial score (nSPS) is 9.56. The van der Waals surface area contributed by atoms with Crippen LogP contribution in [0.3, 0.4) is 0 Å². The minimum absolute atomic E-state index is 0.270. The van der Waals surface area contributed by atoms with Gasteiger partial charge in [0.25, 0.3) is 0 Å². The fourth-order valence-corrected chi connectivity index (χ4v) is 1.73. The fraction of sp³-hybridized carbons (Fsp3) is 0. The van der Waals surface area contributed by atoms with E-state index in [0.717, 1.165) is 8.47 Å². The van der Waals surface area contributed by atoms with Gasteiger partial charge < -0.3 is 5.11 Å². The largest absolute Gasteiger partial charge is 0.508 e. The summed E-state index contributed by atoms with van der Waals surface area (Å²) in [6, 6.07) is 5.16. The SMILES string of the molecule is Oc1cc(S)cc(I)c1. The van der Waals surface area contributed by atoms with Crippen LogP contribution in [0, 0.1) is 3.57 Å². The Bertz CT molecular complexity index is 174. The summed E-state index contributed by atoms with van der Waals surface area (Å²) in [6.45, 7) is 0. The van der Waals surface area contributed by atoms with Crippen LogP contribution in [0.2, 0.25) is 0 Å². The molecule has 9 heavy (non-hydrogen) atoms. The summed E-state index contributed by atoms with van der Waals surface area (Å²) < 4.78 is 0.998. The first kappa shape index (κ1) is 7.21. The number of benzene rings is 1. The van der Waals surface area contributed by atoms with E-state index in [9.17, 15) is 0 Å². The Hall–Kier alpha value is 0.1000. The Morgan fingerprint density at radius 2 is 2.00 bits per heavy atom. The molecule has 1 aromatic rings. The van der Waals surface area contributed by atoms with Crippen molar-refractivity contribution in [2.45, 2.75) is 4.90 Å². The van der Waals surface area contributed by atoms with Crippen LogP contribution in [0.15, 0.2) is 23.1 Å². The molecule has 0 aliphatic carbocycles. The summed E-state index contributed by atoms with van der Waals surface area (Å²) in [6.07, 6.45) is 0. The molecule has 3 heteroatoms. The van der Waals surface area contributed by atoms with Crippen molar-refractivity contribution in [2.24, 2.45) is 0 Å². The zero-order valence-electron chi connectivity index (χ0n) is 4.50. The number of halogens is 1. The molecule has 0 aliphatic heterocycles. The van der Waals surface area contributed by atoms with Gasteiger partial charge in [-0.25, -0.2) is 0 Å². The van der Waals surface area contributed by atoms with Crippen LogP contribution >= 0.6 is 35.2 Å². The van der Waals surface area contributed by atoms with E-state index in [1.54, 1.807) is 12.1 Å².